The number of aromatic nitrogens is 1. The van der Waals surface area contributed by atoms with E-state index in [1.165, 1.54) is 0 Å². The number of carbonyl (C=O) groups excluding carboxylic acids is 1. The van der Waals surface area contributed by atoms with Crippen molar-refractivity contribution in [3.8, 4) is 0 Å². The van der Waals surface area contributed by atoms with Crippen LogP contribution in [0.25, 0.3) is 0 Å². The average Bonchev–Trinajstić information content (AvgIpc) is 2.33. The number of anilines is 1. The van der Waals surface area contributed by atoms with Crippen LogP contribution in [0.4, 0.5) is 5.82 Å². The van der Waals surface area contributed by atoms with Crippen LogP contribution in [0.15, 0.2) is 48.7 Å². The van der Waals surface area contributed by atoms with E-state index in [1.54, 1.807) is 24.4 Å². The molecule has 0 amide bonds. The number of ketones is 1. The fourth-order valence-corrected chi connectivity index (χ4v) is 1.50. The summed E-state index contributed by atoms with van der Waals surface area (Å²) in [5.41, 5.74) is 7.16. The molecule has 1 heterocycles. The van der Waals surface area contributed by atoms with Gasteiger partial charge in [0.1, 0.15) is 5.82 Å². The lowest BCUT2D eigenvalue weighted by Crippen LogP contribution is -2.06. The van der Waals surface area contributed by atoms with Crippen molar-refractivity contribution in [2.75, 3.05) is 5.73 Å². The number of nitrogen functional groups attached to an aromatic ring is 1. The highest BCUT2D eigenvalue weighted by Crippen LogP contribution is 2.11. The van der Waals surface area contributed by atoms with Gasteiger partial charge in [-0.15, -0.1) is 0 Å². The van der Waals surface area contributed by atoms with Crippen LogP contribution in [0.3, 0.4) is 0 Å². The van der Waals surface area contributed by atoms with Crippen LogP contribution >= 0.6 is 0 Å². The molecule has 2 aromatic rings. The van der Waals surface area contributed by atoms with Gasteiger partial charge in [-0.2, -0.15) is 0 Å². The molecule has 0 aliphatic carbocycles. The Morgan fingerprint density at radius 2 is 1.88 bits per heavy atom. The number of nitrogens with two attached hydrogens (primary N) is 1. The highest BCUT2D eigenvalue weighted by Gasteiger charge is 2.08. The van der Waals surface area contributed by atoms with Crippen molar-refractivity contribution in [1.82, 2.24) is 4.98 Å². The topological polar surface area (TPSA) is 56.0 Å². The summed E-state index contributed by atoms with van der Waals surface area (Å²) in [6.45, 7) is 0. The summed E-state index contributed by atoms with van der Waals surface area (Å²) >= 11 is 0. The van der Waals surface area contributed by atoms with Crippen molar-refractivity contribution < 1.29 is 4.79 Å². The molecule has 16 heavy (non-hydrogen) atoms. The maximum Gasteiger partial charge on any atom is 0.167 e. The number of hydrogen-bond donors (Lipinski definition) is 1. The van der Waals surface area contributed by atoms with Crippen LogP contribution in [-0.4, -0.2) is 10.8 Å². The first-order valence-electron chi connectivity index (χ1n) is 5.05. The predicted octanol–water partition coefficient (Wildman–Crippen LogP) is 2.09. The third-order valence-corrected chi connectivity index (χ3v) is 2.37. The largest absolute Gasteiger partial charge is 0.383 e. The monoisotopic (exact) mass is 212 g/mol. The molecule has 1 aromatic heterocycles. The van der Waals surface area contributed by atoms with E-state index in [0.29, 0.717) is 17.8 Å². The second-order valence-electron chi connectivity index (χ2n) is 3.51. The zero-order chi connectivity index (χ0) is 11.4. The van der Waals surface area contributed by atoms with Gasteiger partial charge in [0.25, 0.3) is 0 Å². The SMILES string of the molecule is Nc1ncccc1CC(=O)c1ccccc1. The van der Waals surface area contributed by atoms with Gasteiger partial charge in [0.05, 0.1) is 0 Å². The summed E-state index contributed by atoms with van der Waals surface area (Å²) in [5.74, 6) is 0.479. The number of pyridine rings is 1. The van der Waals surface area contributed by atoms with Crippen LogP contribution in [0, 0.1) is 0 Å². The molecule has 80 valence electrons. The molecule has 3 nitrogen and oxygen atoms in total. The molecule has 1 aromatic carbocycles. The van der Waals surface area contributed by atoms with Crippen molar-refractivity contribution in [1.29, 1.82) is 0 Å². The first kappa shape index (κ1) is 10.4. The van der Waals surface area contributed by atoms with Crippen LogP contribution in [0.5, 0.6) is 0 Å². The Morgan fingerprint density at radius 3 is 2.56 bits per heavy atom. The minimum Gasteiger partial charge on any atom is -0.383 e. The summed E-state index contributed by atoms with van der Waals surface area (Å²) in [5, 5.41) is 0. The Hall–Kier alpha value is -2.16. The lowest BCUT2D eigenvalue weighted by Gasteiger charge is -2.03. The lowest BCUT2D eigenvalue weighted by atomic mass is 10.0. The summed E-state index contributed by atoms with van der Waals surface area (Å²) in [6.07, 6.45) is 1.91. The summed E-state index contributed by atoms with van der Waals surface area (Å²) in [7, 11) is 0. The number of benzene rings is 1. The molecule has 0 radical (unpaired) electrons. The Kier molecular flexibility index (Phi) is 2.96. The standard InChI is InChI=1S/C13H12N2O/c14-13-11(7-4-8-15-13)9-12(16)10-5-2-1-3-6-10/h1-8H,9H2,(H2,14,15). The Morgan fingerprint density at radius 1 is 1.12 bits per heavy atom. The predicted molar refractivity (Wildman–Crippen MR) is 63.1 cm³/mol. The second kappa shape index (κ2) is 4.57. The average molecular weight is 212 g/mol. The zero-order valence-corrected chi connectivity index (χ0v) is 8.76. The van der Waals surface area contributed by atoms with E-state index >= 15 is 0 Å². The third kappa shape index (κ3) is 2.25. The molecule has 0 fully saturated rings. The maximum atomic E-state index is 11.9. The molecule has 0 spiro atoms. The highest BCUT2D eigenvalue weighted by molar-refractivity contribution is 5.97. The highest BCUT2D eigenvalue weighted by atomic mass is 16.1. The van der Waals surface area contributed by atoms with Gasteiger partial charge in [0.2, 0.25) is 0 Å². The molecule has 2 N–H and O–H groups in total. The van der Waals surface area contributed by atoms with Crippen LogP contribution in [-0.2, 0) is 6.42 Å². The van der Waals surface area contributed by atoms with Gasteiger partial charge in [-0.05, 0) is 6.07 Å². The van der Waals surface area contributed by atoms with Gasteiger partial charge >= 0.3 is 0 Å². The fourth-order valence-electron chi connectivity index (χ4n) is 1.50. The fraction of sp³-hybridized carbons (Fsp3) is 0.0769. The molecule has 0 aliphatic heterocycles. The van der Waals surface area contributed by atoms with Gasteiger partial charge in [-0.3, -0.25) is 4.79 Å². The quantitative estimate of drug-likeness (QED) is 0.792. The first-order chi connectivity index (χ1) is 7.77. The van der Waals surface area contributed by atoms with Crippen molar-refractivity contribution in [2.45, 2.75) is 6.42 Å². The molecule has 0 unspecified atom stereocenters. The zero-order valence-electron chi connectivity index (χ0n) is 8.76. The molecule has 0 aliphatic rings. The first-order valence-corrected chi connectivity index (χ1v) is 5.05. The van der Waals surface area contributed by atoms with Gasteiger partial charge in [-0.1, -0.05) is 36.4 Å². The normalized spacial score (nSPS) is 10.0. The molecular formula is C13H12N2O. The minimum atomic E-state index is 0.0558. The van der Waals surface area contributed by atoms with E-state index in [4.69, 9.17) is 5.73 Å². The number of hydrogen-bond acceptors (Lipinski definition) is 3. The van der Waals surface area contributed by atoms with Crippen molar-refractivity contribution in [2.24, 2.45) is 0 Å². The van der Waals surface area contributed by atoms with Gasteiger partial charge in [0.15, 0.2) is 5.78 Å². The smallest absolute Gasteiger partial charge is 0.167 e. The van der Waals surface area contributed by atoms with Crippen molar-refractivity contribution >= 4 is 11.6 Å². The molecule has 0 atom stereocenters. The molecule has 0 bridgehead atoms. The molecular weight excluding hydrogens is 200 g/mol. The van der Waals surface area contributed by atoms with E-state index in [2.05, 4.69) is 4.98 Å². The number of carbonyl (C=O) groups is 1. The van der Waals surface area contributed by atoms with Crippen LogP contribution < -0.4 is 5.73 Å². The van der Waals surface area contributed by atoms with E-state index < -0.39 is 0 Å². The number of rotatable bonds is 3. The Labute approximate surface area is 93.9 Å². The third-order valence-electron chi connectivity index (χ3n) is 2.37. The van der Waals surface area contributed by atoms with E-state index in [1.807, 2.05) is 24.3 Å². The van der Waals surface area contributed by atoms with Gasteiger partial charge in [0, 0.05) is 23.7 Å². The molecule has 2 rings (SSSR count). The second-order valence-corrected chi connectivity index (χ2v) is 3.51. The van der Waals surface area contributed by atoms with Crippen LogP contribution in [0.2, 0.25) is 0 Å². The van der Waals surface area contributed by atoms with Crippen LogP contribution in [0.1, 0.15) is 15.9 Å². The van der Waals surface area contributed by atoms with Gasteiger partial charge in [-0.25, -0.2) is 4.98 Å². The summed E-state index contributed by atoms with van der Waals surface area (Å²) in [4.78, 5) is 15.8. The lowest BCUT2D eigenvalue weighted by molar-refractivity contribution is 0.0993. The Bertz CT molecular complexity index is 494. The van der Waals surface area contributed by atoms with E-state index in [9.17, 15) is 4.79 Å². The van der Waals surface area contributed by atoms with Gasteiger partial charge < -0.3 is 5.73 Å². The van der Waals surface area contributed by atoms with Crippen molar-refractivity contribution in [3.63, 3.8) is 0 Å². The number of Topliss-reactive ketones (excluding diaryl/α,β-unsaturated/α-hetero) is 1. The summed E-state index contributed by atoms with van der Waals surface area (Å²) < 4.78 is 0. The maximum absolute atomic E-state index is 11.9. The van der Waals surface area contributed by atoms with E-state index in [-0.39, 0.29) is 5.78 Å². The minimum absolute atomic E-state index is 0.0558. The van der Waals surface area contributed by atoms with Crippen molar-refractivity contribution in [3.05, 3.63) is 59.8 Å². The molecule has 0 saturated heterocycles. The summed E-state index contributed by atoms with van der Waals surface area (Å²) in [6, 6.07) is 12.8. The van der Waals surface area contributed by atoms with E-state index in [0.717, 1.165) is 5.56 Å². The number of nitrogens with zero attached hydrogens (tertiary/aromatic N) is 1. The Balaban J connectivity index is 2.18. The molecule has 3 heteroatoms. The molecule has 0 saturated carbocycles.